The number of rotatable bonds is 3. The van der Waals surface area contributed by atoms with E-state index in [2.05, 4.69) is 24.3 Å². The predicted molar refractivity (Wildman–Crippen MR) is 72.0 cm³/mol. The Kier molecular flexibility index (Phi) is 2.89. The molecule has 0 radical (unpaired) electrons. The molecule has 18 heavy (non-hydrogen) atoms. The zero-order valence-corrected chi connectivity index (χ0v) is 10.8. The molecule has 0 bridgehead atoms. The molecule has 0 aromatic heterocycles. The molecule has 0 unspecified atom stereocenters. The second-order valence-electron chi connectivity index (χ2n) is 5.94. The Morgan fingerprint density at radius 1 is 1.11 bits per heavy atom. The monoisotopic (exact) mass is 243 g/mol. The van der Waals surface area contributed by atoms with Gasteiger partial charge in [0.2, 0.25) is 5.91 Å². The smallest absolute Gasteiger partial charge is 0.223 e. The van der Waals surface area contributed by atoms with Crippen molar-refractivity contribution in [2.75, 3.05) is 0 Å². The van der Waals surface area contributed by atoms with Crippen LogP contribution < -0.4 is 5.73 Å². The zero-order chi connectivity index (χ0) is 12.6. The Labute approximate surface area is 109 Å². The largest absolute Gasteiger partial charge is 0.369 e. The van der Waals surface area contributed by atoms with Crippen LogP contribution in [-0.2, 0) is 4.79 Å². The van der Waals surface area contributed by atoms with Crippen LogP contribution in [0.4, 0.5) is 0 Å². The van der Waals surface area contributed by atoms with Gasteiger partial charge in [-0.1, -0.05) is 49.6 Å². The lowest BCUT2D eigenvalue weighted by Gasteiger charge is -2.35. The maximum Gasteiger partial charge on any atom is 0.223 e. The molecule has 2 saturated carbocycles. The highest BCUT2D eigenvalue weighted by molar-refractivity contribution is 5.82. The molecule has 2 N–H and O–H groups in total. The fraction of sp³-hybridized carbons (Fsp3) is 0.562. The standard InChI is InChI=1S/C16H21NO/c17-15(18)16(9-5-2-6-10-16)14-11-13(14)12-7-3-1-4-8-12/h1,3-4,7-8,13-14H,2,5-6,9-11H2,(H2,17,18)/t13-,14-/m0/s1. The van der Waals surface area contributed by atoms with Crippen LogP contribution in [0.5, 0.6) is 0 Å². The third-order valence-electron chi connectivity index (χ3n) is 4.96. The maximum absolute atomic E-state index is 12.0. The van der Waals surface area contributed by atoms with Gasteiger partial charge in [0, 0.05) is 0 Å². The van der Waals surface area contributed by atoms with Crippen molar-refractivity contribution in [2.45, 2.75) is 44.4 Å². The molecule has 1 amide bonds. The predicted octanol–water partition coefficient (Wildman–Crippen LogP) is 3.23. The van der Waals surface area contributed by atoms with Gasteiger partial charge < -0.3 is 5.73 Å². The molecule has 2 aliphatic carbocycles. The fourth-order valence-corrected chi connectivity index (χ4v) is 3.86. The Bertz CT molecular complexity index is 434. The number of nitrogens with two attached hydrogens (primary N) is 1. The number of benzene rings is 1. The first kappa shape index (κ1) is 11.8. The molecule has 96 valence electrons. The molecule has 0 saturated heterocycles. The average molecular weight is 243 g/mol. The maximum atomic E-state index is 12.0. The lowest BCUT2D eigenvalue weighted by atomic mass is 9.69. The summed E-state index contributed by atoms with van der Waals surface area (Å²) in [6.07, 6.45) is 6.76. The molecule has 2 atom stereocenters. The summed E-state index contributed by atoms with van der Waals surface area (Å²) in [5.74, 6) is 1.01. The van der Waals surface area contributed by atoms with Gasteiger partial charge in [-0.3, -0.25) is 4.79 Å². The van der Waals surface area contributed by atoms with E-state index in [0.717, 1.165) is 19.3 Å². The third kappa shape index (κ3) is 1.84. The fourth-order valence-electron chi connectivity index (χ4n) is 3.86. The molecule has 1 aromatic rings. The Hall–Kier alpha value is -1.31. The molecular weight excluding hydrogens is 222 g/mol. The van der Waals surface area contributed by atoms with Crippen molar-refractivity contribution < 1.29 is 4.79 Å². The highest BCUT2D eigenvalue weighted by Gasteiger charge is 2.56. The molecule has 0 heterocycles. The number of amides is 1. The molecule has 0 aliphatic heterocycles. The Morgan fingerprint density at radius 2 is 1.78 bits per heavy atom. The third-order valence-corrected chi connectivity index (χ3v) is 4.96. The Morgan fingerprint density at radius 3 is 2.39 bits per heavy atom. The molecular formula is C16H21NO. The summed E-state index contributed by atoms with van der Waals surface area (Å²) in [5, 5.41) is 0. The van der Waals surface area contributed by atoms with E-state index in [-0.39, 0.29) is 11.3 Å². The molecule has 1 aromatic carbocycles. The number of hydrogen-bond acceptors (Lipinski definition) is 1. The summed E-state index contributed by atoms with van der Waals surface area (Å²) in [7, 11) is 0. The average Bonchev–Trinajstić information content (AvgIpc) is 3.21. The summed E-state index contributed by atoms with van der Waals surface area (Å²) in [4.78, 5) is 12.0. The van der Waals surface area contributed by atoms with Crippen molar-refractivity contribution in [2.24, 2.45) is 17.1 Å². The highest BCUT2D eigenvalue weighted by atomic mass is 16.1. The van der Waals surface area contributed by atoms with Gasteiger partial charge in [0.15, 0.2) is 0 Å². The second-order valence-corrected chi connectivity index (χ2v) is 5.94. The van der Waals surface area contributed by atoms with Crippen LogP contribution in [0.25, 0.3) is 0 Å². The van der Waals surface area contributed by atoms with Crippen molar-refractivity contribution in [1.82, 2.24) is 0 Å². The Balaban J connectivity index is 1.81. The summed E-state index contributed by atoms with van der Waals surface area (Å²) < 4.78 is 0. The van der Waals surface area contributed by atoms with Crippen LogP contribution in [-0.4, -0.2) is 5.91 Å². The highest BCUT2D eigenvalue weighted by Crippen LogP contribution is 2.61. The summed E-state index contributed by atoms with van der Waals surface area (Å²) in [5.41, 5.74) is 6.93. The van der Waals surface area contributed by atoms with E-state index < -0.39 is 0 Å². The minimum absolute atomic E-state index is 0.0503. The van der Waals surface area contributed by atoms with Crippen molar-refractivity contribution in [3.05, 3.63) is 35.9 Å². The van der Waals surface area contributed by atoms with Crippen LogP contribution in [0.3, 0.4) is 0 Å². The lowest BCUT2D eigenvalue weighted by molar-refractivity contribution is -0.131. The summed E-state index contributed by atoms with van der Waals surface area (Å²) in [6.45, 7) is 0. The van der Waals surface area contributed by atoms with Gasteiger partial charge in [-0.25, -0.2) is 0 Å². The van der Waals surface area contributed by atoms with Crippen LogP contribution in [0.15, 0.2) is 30.3 Å². The second kappa shape index (κ2) is 4.42. The van der Waals surface area contributed by atoms with E-state index in [4.69, 9.17) is 5.73 Å². The number of carbonyl (C=O) groups is 1. The van der Waals surface area contributed by atoms with Gasteiger partial charge in [0.1, 0.15) is 0 Å². The quantitative estimate of drug-likeness (QED) is 0.870. The number of carbonyl (C=O) groups excluding carboxylic acids is 1. The van der Waals surface area contributed by atoms with Gasteiger partial charge in [0.25, 0.3) is 0 Å². The van der Waals surface area contributed by atoms with E-state index >= 15 is 0 Å². The van der Waals surface area contributed by atoms with E-state index in [0.29, 0.717) is 11.8 Å². The molecule has 2 nitrogen and oxygen atoms in total. The van der Waals surface area contributed by atoms with Crippen LogP contribution in [0, 0.1) is 11.3 Å². The van der Waals surface area contributed by atoms with Crippen molar-refractivity contribution in [3.8, 4) is 0 Å². The van der Waals surface area contributed by atoms with E-state index in [9.17, 15) is 4.79 Å². The molecule has 2 fully saturated rings. The molecule has 0 spiro atoms. The van der Waals surface area contributed by atoms with Crippen LogP contribution in [0.2, 0.25) is 0 Å². The molecule has 2 heteroatoms. The number of primary amides is 1. The minimum Gasteiger partial charge on any atom is -0.369 e. The SMILES string of the molecule is NC(=O)C1([C@H]2C[C@H]2c2ccccc2)CCCCC1. The topological polar surface area (TPSA) is 43.1 Å². The molecule has 3 rings (SSSR count). The van der Waals surface area contributed by atoms with Crippen molar-refractivity contribution in [1.29, 1.82) is 0 Å². The van der Waals surface area contributed by atoms with Gasteiger partial charge >= 0.3 is 0 Å². The van der Waals surface area contributed by atoms with Crippen LogP contribution in [0.1, 0.15) is 50.0 Å². The van der Waals surface area contributed by atoms with Gasteiger partial charge in [-0.15, -0.1) is 0 Å². The summed E-state index contributed by atoms with van der Waals surface area (Å²) >= 11 is 0. The first-order valence-electron chi connectivity index (χ1n) is 7.09. The van der Waals surface area contributed by atoms with E-state index in [1.807, 2.05) is 6.07 Å². The molecule has 2 aliphatic rings. The number of hydrogen-bond donors (Lipinski definition) is 1. The van der Waals surface area contributed by atoms with Crippen LogP contribution >= 0.6 is 0 Å². The zero-order valence-electron chi connectivity index (χ0n) is 10.8. The lowest BCUT2D eigenvalue weighted by Crippen LogP contribution is -2.41. The summed E-state index contributed by atoms with van der Waals surface area (Å²) in [6, 6.07) is 10.6. The van der Waals surface area contributed by atoms with Gasteiger partial charge in [-0.05, 0) is 36.7 Å². The normalized spacial score (nSPS) is 29.8. The van der Waals surface area contributed by atoms with E-state index in [1.165, 1.54) is 24.8 Å². The van der Waals surface area contributed by atoms with Crippen molar-refractivity contribution in [3.63, 3.8) is 0 Å². The first-order chi connectivity index (χ1) is 8.74. The minimum atomic E-state index is -0.196. The van der Waals surface area contributed by atoms with Crippen molar-refractivity contribution >= 4 is 5.91 Å². The van der Waals surface area contributed by atoms with E-state index in [1.54, 1.807) is 0 Å². The van der Waals surface area contributed by atoms with Gasteiger partial charge in [0.05, 0.1) is 5.41 Å². The first-order valence-corrected chi connectivity index (χ1v) is 7.09. The van der Waals surface area contributed by atoms with Gasteiger partial charge in [-0.2, -0.15) is 0 Å².